The highest BCUT2D eigenvalue weighted by Gasteiger charge is 2.07. The molecule has 0 aromatic heterocycles. The Kier molecular flexibility index (Phi) is 7.48. The third-order valence-electron chi connectivity index (χ3n) is 4.09. The van der Waals surface area contributed by atoms with Crippen LogP contribution in [0.25, 0.3) is 0 Å². The predicted octanol–water partition coefficient (Wildman–Crippen LogP) is 2.96. The van der Waals surface area contributed by atoms with Crippen LogP contribution in [0.1, 0.15) is 16.7 Å². The molecule has 26 heavy (non-hydrogen) atoms. The van der Waals surface area contributed by atoms with Gasteiger partial charge in [0.25, 0.3) is 0 Å². The summed E-state index contributed by atoms with van der Waals surface area (Å²) in [7, 11) is 9.71. The molecule has 0 bridgehead atoms. The molecule has 0 fully saturated rings. The van der Waals surface area contributed by atoms with Crippen molar-refractivity contribution in [2.45, 2.75) is 19.6 Å². The van der Waals surface area contributed by atoms with E-state index in [4.69, 9.17) is 4.74 Å². The SMILES string of the molecule is CN=C(NCc1cccc(CN(C)C)c1)N(C)Cc1ccc(OC)cc1. The largest absolute Gasteiger partial charge is 0.497 e. The zero-order valence-electron chi connectivity index (χ0n) is 16.5. The van der Waals surface area contributed by atoms with Crippen LogP contribution in [0.5, 0.6) is 5.75 Å². The number of nitrogens with zero attached hydrogens (tertiary/aromatic N) is 3. The maximum absolute atomic E-state index is 5.21. The molecule has 0 aliphatic rings. The Morgan fingerprint density at radius 3 is 2.27 bits per heavy atom. The lowest BCUT2D eigenvalue weighted by Crippen LogP contribution is -2.38. The molecule has 0 heterocycles. The molecular formula is C21H30N4O. The Balaban J connectivity index is 1.93. The number of methoxy groups -OCH3 is 1. The molecule has 5 heteroatoms. The Labute approximate surface area is 157 Å². The van der Waals surface area contributed by atoms with Gasteiger partial charge in [0.15, 0.2) is 5.96 Å². The molecule has 0 radical (unpaired) electrons. The minimum atomic E-state index is 0.751. The van der Waals surface area contributed by atoms with E-state index in [0.717, 1.165) is 31.3 Å². The lowest BCUT2D eigenvalue weighted by molar-refractivity contribution is 0.402. The highest BCUT2D eigenvalue weighted by atomic mass is 16.5. The maximum Gasteiger partial charge on any atom is 0.193 e. The monoisotopic (exact) mass is 354 g/mol. The predicted molar refractivity (Wildman–Crippen MR) is 108 cm³/mol. The molecule has 5 nitrogen and oxygen atoms in total. The van der Waals surface area contributed by atoms with Gasteiger partial charge in [-0.3, -0.25) is 4.99 Å². The van der Waals surface area contributed by atoms with Crippen LogP contribution in [0.3, 0.4) is 0 Å². The van der Waals surface area contributed by atoms with Crippen LogP contribution in [-0.2, 0) is 19.6 Å². The van der Waals surface area contributed by atoms with Crippen LogP contribution in [0.2, 0.25) is 0 Å². The number of rotatable bonds is 7. The van der Waals surface area contributed by atoms with Crippen LogP contribution in [-0.4, -0.2) is 51.1 Å². The van der Waals surface area contributed by atoms with Crippen molar-refractivity contribution in [3.8, 4) is 5.75 Å². The fourth-order valence-corrected chi connectivity index (χ4v) is 2.85. The fraction of sp³-hybridized carbons (Fsp3) is 0.381. The minimum absolute atomic E-state index is 0.751. The molecule has 1 N–H and O–H groups in total. The second-order valence-electron chi connectivity index (χ2n) is 6.66. The van der Waals surface area contributed by atoms with E-state index in [2.05, 4.69) is 70.6 Å². The second kappa shape index (κ2) is 9.82. The van der Waals surface area contributed by atoms with Gasteiger partial charge in [-0.2, -0.15) is 0 Å². The van der Waals surface area contributed by atoms with Crippen molar-refractivity contribution in [3.63, 3.8) is 0 Å². The number of hydrogen-bond donors (Lipinski definition) is 1. The first kappa shape index (κ1) is 19.8. The zero-order valence-corrected chi connectivity index (χ0v) is 16.5. The number of guanidine groups is 1. The van der Waals surface area contributed by atoms with Gasteiger partial charge in [0, 0.05) is 33.7 Å². The van der Waals surface area contributed by atoms with E-state index in [-0.39, 0.29) is 0 Å². The van der Waals surface area contributed by atoms with Gasteiger partial charge >= 0.3 is 0 Å². The summed E-state index contributed by atoms with van der Waals surface area (Å²) >= 11 is 0. The van der Waals surface area contributed by atoms with E-state index in [9.17, 15) is 0 Å². The Bertz CT molecular complexity index is 710. The van der Waals surface area contributed by atoms with Crippen LogP contribution in [0, 0.1) is 0 Å². The zero-order chi connectivity index (χ0) is 18.9. The van der Waals surface area contributed by atoms with Gasteiger partial charge in [-0.05, 0) is 42.9 Å². The fourth-order valence-electron chi connectivity index (χ4n) is 2.85. The topological polar surface area (TPSA) is 40.1 Å². The van der Waals surface area contributed by atoms with Crippen molar-refractivity contribution in [1.29, 1.82) is 0 Å². The number of benzene rings is 2. The second-order valence-corrected chi connectivity index (χ2v) is 6.66. The van der Waals surface area contributed by atoms with E-state index >= 15 is 0 Å². The molecule has 0 spiro atoms. The summed E-state index contributed by atoms with van der Waals surface area (Å²) < 4.78 is 5.21. The standard InChI is InChI=1S/C21H30N4O/c1-22-21(25(4)16-17-9-11-20(26-5)12-10-17)23-14-18-7-6-8-19(13-18)15-24(2)3/h6-13H,14-16H2,1-5H3,(H,22,23). The third-order valence-corrected chi connectivity index (χ3v) is 4.09. The highest BCUT2D eigenvalue weighted by molar-refractivity contribution is 5.79. The first-order chi connectivity index (χ1) is 12.5. The highest BCUT2D eigenvalue weighted by Crippen LogP contribution is 2.13. The summed E-state index contributed by atoms with van der Waals surface area (Å²) in [4.78, 5) is 8.69. The minimum Gasteiger partial charge on any atom is -0.497 e. The summed E-state index contributed by atoms with van der Waals surface area (Å²) in [6.45, 7) is 2.48. The van der Waals surface area contributed by atoms with Crippen LogP contribution in [0.4, 0.5) is 0 Å². The van der Waals surface area contributed by atoms with E-state index in [1.165, 1.54) is 16.7 Å². The Morgan fingerprint density at radius 1 is 0.962 bits per heavy atom. The maximum atomic E-state index is 5.21. The lowest BCUT2D eigenvalue weighted by atomic mass is 10.1. The van der Waals surface area contributed by atoms with Crippen LogP contribution in [0.15, 0.2) is 53.5 Å². The molecule has 0 unspecified atom stereocenters. The van der Waals surface area contributed by atoms with Gasteiger partial charge in [0.05, 0.1) is 7.11 Å². The number of nitrogens with one attached hydrogen (secondary N) is 1. The molecule has 0 amide bonds. The molecule has 140 valence electrons. The normalized spacial score (nSPS) is 11.5. The van der Waals surface area contributed by atoms with E-state index in [1.807, 2.05) is 26.2 Å². The average Bonchev–Trinajstić information content (AvgIpc) is 2.62. The molecule has 0 aliphatic carbocycles. The van der Waals surface area contributed by atoms with E-state index in [0.29, 0.717) is 0 Å². The van der Waals surface area contributed by atoms with Gasteiger partial charge in [0.2, 0.25) is 0 Å². The molecule has 0 atom stereocenters. The summed E-state index contributed by atoms with van der Waals surface area (Å²) in [5.41, 5.74) is 3.78. The first-order valence-corrected chi connectivity index (χ1v) is 8.79. The van der Waals surface area contributed by atoms with Gasteiger partial charge in [-0.1, -0.05) is 36.4 Å². The van der Waals surface area contributed by atoms with Crippen molar-refractivity contribution in [3.05, 3.63) is 65.2 Å². The smallest absolute Gasteiger partial charge is 0.193 e. The van der Waals surface area contributed by atoms with Gasteiger partial charge in [-0.15, -0.1) is 0 Å². The molecular weight excluding hydrogens is 324 g/mol. The quantitative estimate of drug-likeness (QED) is 0.613. The molecule has 0 saturated heterocycles. The Morgan fingerprint density at radius 2 is 1.65 bits per heavy atom. The summed E-state index contributed by atoms with van der Waals surface area (Å²) in [6, 6.07) is 16.8. The molecule has 0 saturated carbocycles. The van der Waals surface area contributed by atoms with Gasteiger partial charge in [-0.25, -0.2) is 0 Å². The molecule has 2 aromatic carbocycles. The Hall–Kier alpha value is -2.53. The van der Waals surface area contributed by atoms with E-state index < -0.39 is 0 Å². The first-order valence-electron chi connectivity index (χ1n) is 8.79. The summed E-state index contributed by atoms with van der Waals surface area (Å²) in [6.07, 6.45) is 0. The van der Waals surface area contributed by atoms with E-state index in [1.54, 1.807) is 7.11 Å². The molecule has 2 aromatic rings. The number of aliphatic imine (C=N–C) groups is 1. The van der Waals surface area contributed by atoms with Gasteiger partial charge in [0.1, 0.15) is 5.75 Å². The lowest BCUT2D eigenvalue weighted by Gasteiger charge is -2.22. The summed E-state index contributed by atoms with van der Waals surface area (Å²) in [5, 5.41) is 3.45. The summed E-state index contributed by atoms with van der Waals surface area (Å²) in [5.74, 6) is 1.75. The van der Waals surface area contributed by atoms with Crippen molar-refractivity contribution in [2.75, 3.05) is 35.3 Å². The van der Waals surface area contributed by atoms with Crippen molar-refractivity contribution in [1.82, 2.24) is 15.1 Å². The van der Waals surface area contributed by atoms with Crippen LogP contribution < -0.4 is 10.1 Å². The van der Waals surface area contributed by atoms with Crippen molar-refractivity contribution in [2.24, 2.45) is 4.99 Å². The third kappa shape index (κ3) is 6.08. The van der Waals surface area contributed by atoms with Gasteiger partial charge < -0.3 is 19.9 Å². The molecule has 2 rings (SSSR count). The number of hydrogen-bond acceptors (Lipinski definition) is 3. The molecule has 0 aliphatic heterocycles. The number of ether oxygens (including phenoxy) is 1. The van der Waals surface area contributed by atoms with Crippen molar-refractivity contribution < 1.29 is 4.74 Å². The van der Waals surface area contributed by atoms with Crippen molar-refractivity contribution >= 4 is 5.96 Å². The average molecular weight is 354 g/mol. The van der Waals surface area contributed by atoms with Crippen LogP contribution >= 0.6 is 0 Å².